The zero-order valence-electron chi connectivity index (χ0n) is 25.2. The van der Waals surface area contributed by atoms with Crippen molar-refractivity contribution >= 4 is 22.1 Å². The Morgan fingerprint density at radius 2 is 1.28 bits per heavy atom. The maximum atomic E-state index is 12.9. The third-order valence-corrected chi connectivity index (χ3v) is 25.6. The van der Waals surface area contributed by atoms with E-state index in [0.29, 0.717) is 11.8 Å². The van der Waals surface area contributed by atoms with Gasteiger partial charge in [-0.15, -0.1) is 0 Å². The number of carbonyl (C=O) groups excluding carboxylic acids is 1. The molecule has 2 aromatic carbocycles. The standard InChI is InChI=1S/C33H50O4Si2/c1-8-38(9-2,10-3)33(39(11-4,12-5)13-6)30-28(27-22-18-15-19-23-27)24-29(31(34)35-7)37-32(30)36-25-26-20-16-14-17-21-26/h14-24,28,30,32-33H,8-13,25H2,1-7H3/t28-,30-,32+/m1/s1. The summed E-state index contributed by atoms with van der Waals surface area (Å²) in [5.41, 5.74) is 2.33. The maximum Gasteiger partial charge on any atom is 0.373 e. The molecular weight excluding hydrogens is 517 g/mol. The van der Waals surface area contributed by atoms with Crippen molar-refractivity contribution in [2.75, 3.05) is 7.11 Å². The summed E-state index contributed by atoms with van der Waals surface area (Å²) in [6.45, 7) is 15.0. The van der Waals surface area contributed by atoms with Gasteiger partial charge in [0.15, 0.2) is 0 Å². The highest BCUT2D eigenvalue weighted by molar-refractivity contribution is 6.99. The second-order valence-corrected chi connectivity index (χ2v) is 22.7. The van der Waals surface area contributed by atoms with Crippen molar-refractivity contribution in [1.82, 2.24) is 0 Å². The summed E-state index contributed by atoms with van der Waals surface area (Å²) in [7, 11) is -2.10. The van der Waals surface area contributed by atoms with Gasteiger partial charge in [-0.2, -0.15) is 0 Å². The minimum Gasteiger partial charge on any atom is -0.463 e. The van der Waals surface area contributed by atoms with Gasteiger partial charge in [-0.05, 0) is 22.4 Å². The Morgan fingerprint density at radius 1 is 0.795 bits per heavy atom. The van der Waals surface area contributed by atoms with Crippen LogP contribution in [0.5, 0.6) is 0 Å². The highest BCUT2D eigenvalue weighted by Crippen LogP contribution is 2.56. The van der Waals surface area contributed by atoms with Crippen LogP contribution in [0.3, 0.4) is 0 Å². The monoisotopic (exact) mass is 566 g/mol. The third kappa shape index (κ3) is 6.60. The van der Waals surface area contributed by atoms with Gasteiger partial charge in [-0.1, -0.05) is 138 Å². The fraction of sp³-hybridized carbons (Fsp3) is 0.545. The predicted octanol–water partition coefficient (Wildman–Crippen LogP) is 8.94. The molecule has 0 N–H and O–H groups in total. The van der Waals surface area contributed by atoms with Crippen molar-refractivity contribution < 1.29 is 19.0 Å². The number of allylic oxidation sites excluding steroid dienone is 1. The number of hydrogen-bond donors (Lipinski definition) is 0. The van der Waals surface area contributed by atoms with Crippen LogP contribution in [0.1, 0.15) is 58.6 Å². The largest absolute Gasteiger partial charge is 0.463 e. The lowest BCUT2D eigenvalue weighted by atomic mass is 9.84. The molecule has 1 aliphatic heterocycles. The van der Waals surface area contributed by atoms with Crippen LogP contribution in [0.15, 0.2) is 72.5 Å². The predicted molar refractivity (Wildman–Crippen MR) is 167 cm³/mol. The molecule has 0 saturated heterocycles. The van der Waals surface area contributed by atoms with Crippen molar-refractivity contribution in [3.05, 3.63) is 83.6 Å². The molecule has 4 nitrogen and oxygen atoms in total. The van der Waals surface area contributed by atoms with Crippen LogP contribution in [0, 0.1) is 5.92 Å². The van der Waals surface area contributed by atoms with E-state index in [0.717, 1.165) is 5.56 Å². The van der Waals surface area contributed by atoms with Crippen molar-refractivity contribution in [2.45, 2.75) is 102 Å². The normalized spacial score (nSPS) is 19.9. The van der Waals surface area contributed by atoms with Gasteiger partial charge in [0.05, 0.1) is 29.9 Å². The molecule has 0 fully saturated rings. The molecule has 2 aromatic rings. The average molecular weight is 567 g/mol. The van der Waals surface area contributed by atoms with Gasteiger partial charge in [0.1, 0.15) is 0 Å². The molecule has 0 unspecified atom stereocenters. The Labute approximate surface area is 239 Å². The zero-order valence-corrected chi connectivity index (χ0v) is 27.2. The molecule has 0 radical (unpaired) electrons. The first kappa shape index (κ1) is 31.4. The van der Waals surface area contributed by atoms with E-state index in [9.17, 15) is 4.79 Å². The molecule has 0 amide bonds. The molecule has 3 atom stereocenters. The summed E-state index contributed by atoms with van der Waals surface area (Å²) in [4.78, 5) is 12.9. The second kappa shape index (κ2) is 14.5. The summed E-state index contributed by atoms with van der Waals surface area (Å²) < 4.78 is 18.5. The molecule has 0 bridgehead atoms. The molecule has 1 aliphatic rings. The molecule has 1 heterocycles. The van der Waals surface area contributed by atoms with Crippen molar-refractivity contribution in [3.8, 4) is 0 Å². The zero-order chi connectivity index (χ0) is 28.5. The number of rotatable bonds is 14. The second-order valence-electron chi connectivity index (χ2n) is 11.1. The van der Waals surface area contributed by atoms with Gasteiger partial charge < -0.3 is 14.2 Å². The highest BCUT2D eigenvalue weighted by atomic mass is 28.4. The summed E-state index contributed by atoms with van der Waals surface area (Å²) in [5, 5.41) is 0.589. The lowest BCUT2D eigenvalue weighted by Gasteiger charge is -2.55. The first-order chi connectivity index (χ1) is 18.9. The van der Waals surface area contributed by atoms with Gasteiger partial charge in [0.2, 0.25) is 12.0 Å². The molecule has 6 heteroatoms. The molecule has 39 heavy (non-hydrogen) atoms. The fourth-order valence-corrected chi connectivity index (χ4v) is 24.3. The third-order valence-electron chi connectivity index (χ3n) is 10.1. The molecule has 0 aromatic heterocycles. The topological polar surface area (TPSA) is 44.8 Å². The number of hydrogen-bond acceptors (Lipinski definition) is 4. The fourth-order valence-electron chi connectivity index (χ4n) is 7.44. The lowest BCUT2D eigenvalue weighted by Crippen LogP contribution is -2.59. The number of benzene rings is 2. The minimum atomic E-state index is -1.76. The van der Waals surface area contributed by atoms with Gasteiger partial charge >= 0.3 is 5.97 Å². The van der Waals surface area contributed by atoms with E-state index < -0.39 is 28.4 Å². The molecule has 0 saturated carbocycles. The Bertz CT molecular complexity index is 1010. The molecular formula is C33H50O4Si2. The van der Waals surface area contributed by atoms with E-state index in [1.54, 1.807) is 0 Å². The summed E-state index contributed by atoms with van der Waals surface area (Å²) >= 11 is 0. The molecule has 0 spiro atoms. The maximum absolute atomic E-state index is 12.9. The van der Waals surface area contributed by atoms with Crippen LogP contribution >= 0.6 is 0 Å². The first-order valence-corrected chi connectivity index (χ1v) is 20.5. The van der Waals surface area contributed by atoms with Crippen LogP contribution in [0.25, 0.3) is 0 Å². The Morgan fingerprint density at radius 3 is 1.74 bits per heavy atom. The van der Waals surface area contributed by atoms with Gasteiger partial charge in [0.25, 0.3) is 0 Å². The van der Waals surface area contributed by atoms with E-state index >= 15 is 0 Å². The Kier molecular flexibility index (Phi) is 11.6. The van der Waals surface area contributed by atoms with Crippen molar-refractivity contribution in [2.24, 2.45) is 5.92 Å². The number of esters is 1. The number of ether oxygens (including phenoxy) is 3. The van der Waals surface area contributed by atoms with Crippen LogP contribution in [0.2, 0.25) is 41.4 Å². The van der Waals surface area contributed by atoms with Crippen molar-refractivity contribution in [1.29, 1.82) is 0 Å². The number of carbonyl (C=O) groups is 1. The van der Waals surface area contributed by atoms with E-state index in [1.807, 2.05) is 18.2 Å². The van der Waals surface area contributed by atoms with E-state index in [-0.39, 0.29) is 17.6 Å². The molecule has 3 rings (SSSR count). The molecule has 214 valence electrons. The van der Waals surface area contributed by atoms with E-state index in [2.05, 4.69) is 90.1 Å². The smallest absolute Gasteiger partial charge is 0.373 e. The Hall–Kier alpha value is -2.16. The van der Waals surface area contributed by atoms with Gasteiger partial charge in [0, 0.05) is 11.8 Å². The minimum absolute atomic E-state index is 0.0212. The van der Waals surface area contributed by atoms with Crippen LogP contribution < -0.4 is 0 Å². The summed E-state index contributed by atoms with van der Waals surface area (Å²) in [6.07, 6.45) is 1.54. The summed E-state index contributed by atoms with van der Waals surface area (Å²) in [5.74, 6) is -0.00225. The van der Waals surface area contributed by atoms with E-state index in [1.165, 1.54) is 48.9 Å². The number of methoxy groups -OCH3 is 1. The quantitative estimate of drug-likeness (QED) is 0.169. The SMILES string of the molecule is CC[Si](CC)(CC)C([C@H]1[C@@H](OCc2ccccc2)OC(C(=O)OC)=C[C@@H]1c1ccccc1)[Si](CC)(CC)CC. The van der Waals surface area contributed by atoms with Gasteiger partial charge in [-0.3, -0.25) is 0 Å². The van der Waals surface area contributed by atoms with Crippen LogP contribution in [0.4, 0.5) is 0 Å². The lowest BCUT2D eigenvalue weighted by molar-refractivity contribution is -0.178. The highest BCUT2D eigenvalue weighted by Gasteiger charge is 2.57. The molecule has 0 aliphatic carbocycles. The van der Waals surface area contributed by atoms with Crippen LogP contribution in [-0.4, -0.2) is 35.5 Å². The van der Waals surface area contributed by atoms with Crippen molar-refractivity contribution in [3.63, 3.8) is 0 Å². The average Bonchev–Trinajstić information content (AvgIpc) is 3.01. The Balaban J connectivity index is 2.29. The summed E-state index contributed by atoms with van der Waals surface area (Å²) in [6, 6.07) is 28.5. The van der Waals surface area contributed by atoms with E-state index in [4.69, 9.17) is 14.2 Å². The van der Waals surface area contributed by atoms with Crippen LogP contribution in [-0.2, 0) is 25.6 Å². The first-order valence-electron chi connectivity index (χ1n) is 15.1. The van der Waals surface area contributed by atoms with Gasteiger partial charge in [-0.25, -0.2) is 4.79 Å².